The normalized spacial score (nSPS) is 10.2. The largest absolute Gasteiger partial charge is 0.0722 e. The molecule has 0 saturated carbocycles. The maximum Gasteiger partial charge on any atom is 0.0305 e. The van der Waals surface area contributed by atoms with Gasteiger partial charge in [0.25, 0.3) is 0 Å². The van der Waals surface area contributed by atoms with Crippen LogP contribution in [0.2, 0.25) is 38.3 Å². The van der Waals surface area contributed by atoms with Crippen LogP contribution >= 0.6 is 0 Å². The summed E-state index contributed by atoms with van der Waals surface area (Å²) in [4.78, 5) is 0. The van der Waals surface area contributed by atoms with Crippen LogP contribution in [0.5, 0.6) is 0 Å². The molecule has 0 aliphatic rings. The fourth-order valence-electron chi connectivity index (χ4n) is 1.19. The van der Waals surface area contributed by atoms with Crippen molar-refractivity contribution in [3.8, 4) is 0 Å². The van der Waals surface area contributed by atoms with Crippen molar-refractivity contribution in [3.63, 3.8) is 0 Å². The van der Waals surface area contributed by atoms with Gasteiger partial charge in [-0.2, -0.15) is 0 Å². The summed E-state index contributed by atoms with van der Waals surface area (Å²) in [5.41, 5.74) is 0. The van der Waals surface area contributed by atoms with Crippen LogP contribution in [0.4, 0.5) is 0 Å². The predicted octanol–water partition coefficient (Wildman–Crippen LogP) is 4.16. The fourth-order valence-corrected chi connectivity index (χ4v) is 3.57. The Balaban J connectivity index is 0. The molecule has 0 fully saturated rings. The Labute approximate surface area is 89.3 Å². The Morgan fingerprint density at radius 1 is 0.692 bits per heavy atom. The Bertz CT molecular complexity index is 80.2. The maximum atomic E-state index is 2.41. The molecule has 0 heterocycles. The lowest BCUT2D eigenvalue weighted by Crippen LogP contribution is -1.96. The van der Waals surface area contributed by atoms with Gasteiger partial charge in [0.1, 0.15) is 0 Å². The topological polar surface area (TPSA) is 0 Å². The van der Waals surface area contributed by atoms with E-state index in [0.717, 1.165) is 0 Å². The molecule has 0 radical (unpaired) electrons. The van der Waals surface area contributed by atoms with Gasteiger partial charge in [-0.25, -0.2) is 0 Å². The van der Waals surface area contributed by atoms with E-state index in [0.29, 0.717) is 0 Å². The van der Waals surface area contributed by atoms with E-state index in [1.54, 1.807) is 0 Å². The standard InChI is InChI=1S/C6H16Si.C5H14Si/c1-4-5-6-7(2)3;1-4-5-6(2)3/h7H,4-6H2,1-3H3;6H,4-5H2,1-3H3. The molecule has 0 bridgehead atoms. The quantitative estimate of drug-likeness (QED) is 0.608. The third-order valence-corrected chi connectivity index (χ3v) is 5.30. The maximum absolute atomic E-state index is 2.41. The van der Waals surface area contributed by atoms with Crippen LogP contribution in [-0.2, 0) is 0 Å². The first kappa shape index (κ1) is 15.9. The summed E-state index contributed by atoms with van der Waals surface area (Å²) in [6.45, 7) is 14.1. The van der Waals surface area contributed by atoms with Crippen LogP contribution in [0.25, 0.3) is 0 Å². The predicted molar refractivity (Wildman–Crippen MR) is 72.6 cm³/mol. The molecule has 0 unspecified atom stereocenters. The van der Waals surface area contributed by atoms with Gasteiger partial charge in [0, 0.05) is 17.6 Å². The number of hydrogen-bond donors (Lipinski definition) is 0. The zero-order valence-corrected chi connectivity index (χ0v) is 13.0. The van der Waals surface area contributed by atoms with Crippen molar-refractivity contribution in [3.05, 3.63) is 0 Å². The molecule has 0 atom stereocenters. The van der Waals surface area contributed by atoms with Crippen LogP contribution in [-0.4, -0.2) is 17.6 Å². The summed E-state index contributed by atoms with van der Waals surface area (Å²) < 4.78 is 0. The molecule has 0 aromatic carbocycles. The summed E-state index contributed by atoms with van der Waals surface area (Å²) in [5, 5.41) is 0. The lowest BCUT2D eigenvalue weighted by Gasteiger charge is -1.97. The summed E-state index contributed by atoms with van der Waals surface area (Å²) in [6.07, 6.45) is 4.24. The summed E-state index contributed by atoms with van der Waals surface area (Å²) in [7, 11) is -0.359. The molecule has 82 valence electrons. The lowest BCUT2D eigenvalue weighted by molar-refractivity contribution is 0.875. The van der Waals surface area contributed by atoms with Crippen LogP contribution in [0.3, 0.4) is 0 Å². The highest BCUT2D eigenvalue weighted by Crippen LogP contribution is 1.98. The molecule has 0 saturated heterocycles. The molecule has 0 aromatic heterocycles. The van der Waals surface area contributed by atoms with Crippen molar-refractivity contribution in [2.45, 2.75) is 71.4 Å². The van der Waals surface area contributed by atoms with E-state index in [4.69, 9.17) is 0 Å². The molecule has 0 aliphatic heterocycles. The van der Waals surface area contributed by atoms with Gasteiger partial charge in [0.15, 0.2) is 0 Å². The Morgan fingerprint density at radius 2 is 1.15 bits per heavy atom. The molecular formula is C11H30Si2. The molecule has 0 aromatic rings. The van der Waals surface area contributed by atoms with Gasteiger partial charge < -0.3 is 0 Å². The van der Waals surface area contributed by atoms with Gasteiger partial charge in [-0.05, 0) is 0 Å². The van der Waals surface area contributed by atoms with Gasteiger partial charge in [-0.1, -0.05) is 71.4 Å². The highest BCUT2D eigenvalue weighted by Gasteiger charge is 1.90. The first-order valence-corrected chi connectivity index (χ1v) is 12.3. The van der Waals surface area contributed by atoms with Crippen LogP contribution in [0.1, 0.15) is 33.1 Å². The lowest BCUT2D eigenvalue weighted by atomic mass is 10.4. The summed E-state index contributed by atoms with van der Waals surface area (Å²) in [6, 6.07) is 3.05. The number of rotatable bonds is 5. The van der Waals surface area contributed by atoms with E-state index in [9.17, 15) is 0 Å². The van der Waals surface area contributed by atoms with Gasteiger partial charge in [-0.15, -0.1) is 0 Å². The second-order valence-electron chi connectivity index (χ2n) is 4.72. The smallest absolute Gasteiger partial charge is 0.0305 e. The second kappa shape index (κ2) is 12.4. The Kier molecular flexibility index (Phi) is 15.2. The van der Waals surface area contributed by atoms with Crippen molar-refractivity contribution in [1.29, 1.82) is 0 Å². The van der Waals surface area contributed by atoms with Crippen molar-refractivity contribution in [2.75, 3.05) is 0 Å². The van der Waals surface area contributed by atoms with Gasteiger partial charge in [0.05, 0.1) is 0 Å². The van der Waals surface area contributed by atoms with Crippen LogP contribution in [0.15, 0.2) is 0 Å². The molecule has 0 nitrogen and oxygen atoms in total. The van der Waals surface area contributed by atoms with E-state index < -0.39 is 0 Å². The molecule has 0 amide bonds. The third kappa shape index (κ3) is 24.5. The Hall–Kier alpha value is 0.434. The second-order valence-corrected chi connectivity index (χ2v) is 11.4. The first-order chi connectivity index (χ1) is 6.04. The zero-order valence-electron chi connectivity index (χ0n) is 10.7. The average molecular weight is 219 g/mol. The van der Waals surface area contributed by atoms with Crippen molar-refractivity contribution in [2.24, 2.45) is 0 Å². The minimum absolute atomic E-state index is 0.171. The van der Waals surface area contributed by atoms with Gasteiger partial charge >= 0.3 is 0 Å². The molecule has 0 aliphatic carbocycles. The third-order valence-electron chi connectivity index (χ3n) is 2.00. The van der Waals surface area contributed by atoms with E-state index in [1.807, 2.05) is 0 Å². The molecule has 13 heavy (non-hydrogen) atoms. The van der Waals surface area contributed by atoms with Crippen LogP contribution in [0, 0.1) is 0 Å². The van der Waals surface area contributed by atoms with Gasteiger partial charge in [-0.3, -0.25) is 0 Å². The van der Waals surface area contributed by atoms with E-state index >= 15 is 0 Å². The summed E-state index contributed by atoms with van der Waals surface area (Å²) in [5.74, 6) is 0. The van der Waals surface area contributed by atoms with Crippen molar-refractivity contribution >= 4 is 17.6 Å². The van der Waals surface area contributed by atoms with Crippen molar-refractivity contribution in [1.82, 2.24) is 0 Å². The zero-order chi connectivity index (χ0) is 10.7. The molecule has 0 rings (SSSR count). The number of unbranched alkanes of at least 4 members (excludes halogenated alkanes) is 1. The molecule has 2 heteroatoms. The number of hydrogen-bond acceptors (Lipinski definition) is 0. The minimum Gasteiger partial charge on any atom is -0.0722 e. The first-order valence-electron chi connectivity index (χ1n) is 6.04. The van der Waals surface area contributed by atoms with Gasteiger partial charge in [0.2, 0.25) is 0 Å². The van der Waals surface area contributed by atoms with Crippen LogP contribution < -0.4 is 0 Å². The van der Waals surface area contributed by atoms with Crippen molar-refractivity contribution < 1.29 is 0 Å². The fraction of sp³-hybridized carbons (Fsp3) is 1.00. The molecular weight excluding hydrogens is 188 g/mol. The highest BCUT2D eigenvalue weighted by atomic mass is 28.3. The minimum atomic E-state index is -0.188. The average Bonchev–Trinajstić information content (AvgIpc) is 2.01. The monoisotopic (exact) mass is 218 g/mol. The molecule has 0 spiro atoms. The van der Waals surface area contributed by atoms with E-state index in [1.165, 1.54) is 31.4 Å². The Morgan fingerprint density at radius 3 is 1.23 bits per heavy atom. The molecule has 0 N–H and O–H groups in total. The SMILES string of the molecule is CCCC[SiH](C)C.CCC[SiH](C)C. The van der Waals surface area contributed by atoms with E-state index in [-0.39, 0.29) is 17.6 Å². The summed E-state index contributed by atoms with van der Waals surface area (Å²) >= 11 is 0. The highest BCUT2D eigenvalue weighted by molar-refractivity contribution is 6.55. The van der Waals surface area contributed by atoms with E-state index in [2.05, 4.69) is 40.0 Å².